The van der Waals surface area contributed by atoms with Crippen LogP contribution in [0.1, 0.15) is 35.9 Å². The van der Waals surface area contributed by atoms with Crippen molar-refractivity contribution in [3.8, 4) is 5.75 Å². The van der Waals surface area contributed by atoms with Crippen molar-refractivity contribution in [2.45, 2.75) is 26.3 Å². The van der Waals surface area contributed by atoms with Gasteiger partial charge < -0.3 is 9.30 Å². The lowest BCUT2D eigenvalue weighted by Crippen LogP contribution is -2.30. The molecule has 2 rings (SSSR count). The summed E-state index contributed by atoms with van der Waals surface area (Å²) < 4.78 is 7.76. The maximum Gasteiger partial charge on any atom is 0.268 e. The molecule has 1 heterocycles. The van der Waals surface area contributed by atoms with Gasteiger partial charge in [-0.2, -0.15) is 0 Å². The van der Waals surface area contributed by atoms with E-state index in [9.17, 15) is 4.79 Å². The van der Waals surface area contributed by atoms with Crippen LogP contribution in [0.2, 0.25) is 0 Å². The Morgan fingerprint density at radius 3 is 2.90 bits per heavy atom. The number of ether oxygens (including phenoxy) is 1. The molecule has 21 heavy (non-hydrogen) atoms. The average Bonchev–Trinajstić information content (AvgIpc) is 2.95. The molecule has 0 fully saturated rings. The Hall–Kier alpha value is -2.34. The summed E-state index contributed by atoms with van der Waals surface area (Å²) in [5.41, 5.74) is 2.54. The van der Waals surface area contributed by atoms with Gasteiger partial charge in [-0.25, -0.2) is 10.8 Å². The summed E-state index contributed by atoms with van der Waals surface area (Å²) in [6.45, 7) is 5.32. The minimum atomic E-state index is -0.365. The SMILES string of the molecule is CC(C)c1nccn1CCOc1ccccc1C(=O)NN. The van der Waals surface area contributed by atoms with Gasteiger partial charge in [0.15, 0.2) is 0 Å². The van der Waals surface area contributed by atoms with Crippen LogP contribution in [0.4, 0.5) is 0 Å². The highest BCUT2D eigenvalue weighted by molar-refractivity contribution is 5.96. The predicted octanol–water partition coefficient (Wildman–Crippen LogP) is 1.69. The van der Waals surface area contributed by atoms with Crippen molar-refractivity contribution in [3.05, 3.63) is 48.0 Å². The fraction of sp³-hybridized carbons (Fsp3) is 0.333. The van der Waals surface area contributed by atoms with Crippen LogP contribution in [-0.2, 0) is 6.54 Å². The summed E-state index contributed by atoms with van der Waals surface area (Å²) in [5.74, 6) is 6.70. The number of nitrogens with zero attached hydrogens (tertiary/aromatic N) is 2. The second kappa shape index (κ2) is 6.90. The van der Waals surface area contributed by atoms with Gasteiger partial charge in [0.05, 0.1) is 12.1 Å². The zero-order valence-electron chi connectivity index (χ0n) is 12.2. The van der Waals surface area contributed by atoms with Crippen molar-refractivity contribution in [2.75, 3.05) is 6.61 Å². The van der Waals surface area contributed by atoms with E-state index < -0.39 is 0 Å². The molecule has 3 N–H and O–H groups in total. The van der Waals surface area contributed by atoms with Gasteiger partial charge in [-0.3, -0.25) is 10.2 Å². The topological polar surface area (TPSA) is 82.2 Å². The van der Waals surface area contributed by atoms with Crippen LogP contribution in [0.5, 0.6) is 5.75 Å². The lowest BCUT2D eigenvalue weighted by atomic mass is 10.2. The molecule has 0 saturated heterocycles. The molecule has 0 radical (unpaired) electrons. The summed E-state index contributed by atoms with van der Waals surface area (Å²) in [6.07, 6.45) is 3.71. The number of para-hydroxylation sites is 1. The molecule has 0 aliphatic heterocycles. The maximum atomic E-state index is 11.6. The number of nitrogens with two attached hydrogens (primary N) is 1. The van der Waals surface area contributed by atoms with Crippen molar-refractivity contribution in [3.63, 3.8) is 0 Å². The molecule has 0 atom stereocenters. The Balaban J connectivity index is 2.01. The van der Waals surface area contributed by atoms with Crippen LogP contribution in [0.3, 0.4) is 0 Å². The molecule has 0 bridgehead atoms. The second-order valence-corrected chi connectivity index (χ2v) is 4.95. The minimum absolute atomic E-state index is 0.357. The first-order valence-electron chi connectivity index (χ1n) is 6.87. The zero-order chi connectivity index (χ0) is 15.2. The van der Waals surface area contributed by atoms with Crippen LogP contribution in [0, 0.1) is 0 Å². The van der Waals surface area contributed by atoms with E-state index in [4.69, 9.17) is 10.6 Å². The van der Waals surface area contributed by atoms with E-state index >= 15 is 0 Å². The van der Waals surface area contributed by atoms with E-state index in [1.807, 2.05) is 12.3 Å². The third-order valence-corrected chi connectivity index (χ3v) is 3.12. The van der Waals surface area contributed by atoms with E-state index in [0.717, 1.165) is 5.82 Å². The molecule has 0 aliphatic carbocycles. The smallest absolute Gasteiger partial charge is 0.268 e. The Bertz CT molecular complexity index is 607. The fourth-order valence-electron chi connectivity index (χ4n) is 2.12. The van der Waals surface area contributed by atoms with Crippen LogP contribution in [-0.4, -0.2) is 22.1 Å². The first kappa shape index (κ1) is 15.1. The largest absolute Gasteiger partial charge is 0.491 e. The van der Waals surface area contributed by atoms with Gasteiger partial charge >= 0.3 is 0 Å². The van der Waals surface area contributed by atoms with E-state index in [0.29, 0.717) is 30.4 Å². The molecule has 0 spiro atoms. The molecule has 1 amide bonds. The highest BCUT2D eigenvalue weighted by atomic mass is 16.5. The molecule has 0 aliphatic rings. The third kappa shape index (κ3) is 3.61. The maximum absolute atomic E-state index is 11.6. The number of rotatable bonds is 6. The Labute approximate surface area is 123 Å². The Kier molecular flexibility index (Phi) is 4.94. The van der Waals surface area contributed by atoms with Crippen molar-refractivity contribution >= 4 is 5.91 Å². The van der Waals surface area contributed by atoms with Gasteiger partial charge in [0.25, 0.3) is 5.91 Å². The van der Waals surface area contributed by atoms with Gasteiger partial charge in [0, 0.05) is 18.3 Å². The third-order valence-electron chi connectivity index (χ3n) is 3.12. The van der Waals surface area contributed by atoms with E-state index in [-0.39, 0.29) is 5.91 Å². The van der Waals surface area contributed by atoms with Crippen LogP contribution < -0.4 is 16.0 Å². The minimum Gasteiger partial charge on any atom is -0.491 e. The molecule has 6 nitrogen and oxygen atoms in total. The molecule has 1 aromatic carbocycles. The first-order chi connectivity index (χ1) is 10.1. The van der Waals surface area contributed by atoms with Crippen LogP contribution in [0.15, 0.2) is 36.7 Å². The number of amides is 1. The number of hydrogen-bond donors (Lipinski definition) is 2. The Morgan fingerprint density at radius 1 is 1.43 bits per heavy atom. The van der Waals surface area contributed by atoms with Gasteiger partial charge in [-0.1, -0.05) is 26.0 Å². The number of carbonyl (C=O) groups excluding carboxylic acids is 1. The molecule has 112 valence electrons. The molecule has 6 heteroatoms. The van der Waals surface area contributed by atoms with Crippen molar-refractivity contribution < 1.29 is 9.53 Å². The molecular formula is C15H20N4O2. The average molecular weight is 288 g/mol. The monoisotopic (exact) mass is 288 g/mol. The zero-order valence-corrected chi connectivity index (χ0v) is 12.2. The van der Waals surface area contributed by atoms with Crippen LogP contribution >= 0.6 is 0 Å². The van der Waals surface area contributed by atoms with E-state index in [2.05, 4.69) is 28.8 Å². The number of hydrogen-bond acceptors (Lipinski definition) is 4. The van der Waals surface area contributed by atoms with Gasteiger partial charge in [0.1, 0.15) is 18.2 Å². The second-order valence-electron chi connectivity index (χ2n) is 4.95. The van der Waals surface area contributed by atoms with Crippen molar-refractivity contribution in [2.24, 2.45) is 5.84 Å². The number of hydrazine groups is 1. The molecular weight excluding hydrogens is 268 g/mol. The lowest BCUT2D eigenvalue weighted by Gasteiger charge is -2.13. The molecule has 0 saturated carbocycles. The predicted molar refractivity (Wildman–Crippen MR) is 79.9 cm³/mol. The highest BCUT2D eigenvalue weighted by Gasteiger charge is 2.11. The lowest BCUT2D eigenvalue weighted by molar-refractivity contribution is 0.0949. The fourth-order valence-corrected chi connectivity index (χ4v) is 2.12. The summed E-state index contributed by atoms with van der Waals surface area (Å²) in [6, 6.07) is 7.01. The number of imidazole rings is 1. The summed E-state index contributed by atoms with van der Waals surface area (Å²) in [7, 11) is 0. The van der Waals surface area contributed by atoms with E-state index in [1.54, 1.807) is 24.4 Å². The van der Waals surface area contributed by atoms with Gasteiger partial charge in [0.2, 0.25) is 0 Å². The quantitative estimate of drug-likeness (QED) is 0.481. The number of carbonyl (C=O) groups is 1. The number of benzene rings is 1. The molecule has 0 unspecified atom stereocenters. The summed E-state index contributed by atoms with van der Waals surface area (Å²) >= 11 is 0. The number of aromatic nitrogens is 2. The standard InChI is InChI=1S/C15H20N4O2/c1-11(2)14-17-7-8-19(14)9-10-21-13-6-4-3-5-12(13)15(20)18-16/h3-8,11H,9-10,16H2,1-2H3,(H,18,20). The number of nitrogens with one attached hydrogen (secondary N) is 1. The molecule has 2 aromatic rings. The normalized spacial score (nSPS) is 10.7. The highest BCUT2D eigenvalue weighted by Crippen LogP contribution is 2.18. The Morgan fingerprint density at radius 2 is 2.19 bits per heavy atom. The van der Waals surface area contributed by atoms with Crippen molar-refractivity contribution in [1.29, 1.82) is 0 Å². The summed E-state index contributed by atoms with van der Waals surface area (Å²) in [5, 5.41) is 0. The summed E-state index contributed by atoms with van der Waals surface area (Å²) in [4.78, 5) is 16.0. The van der Waals surface area contributed by atoms with Gasteiger partial charge in [-0.15, -0.1) is 0 Å². The van der Waals surface area contributed by atoms with Crippen LogP contribution in [0.25, 0.3) is 0 Å². The number of nitrogen functional groups attached to an aromatic ring is 1. The van der Waals surface area contributed by atoms with Crippen molar-refractivity contribution in [1.82, 2.24) is 15.0 Å². The van der Waals surface area contributed by atoms with E-state index in [1.165, 1.54) is 0 Å². The molecule has 1 aromatic heterocycles. The first-order valence-corrected chi connectivity index (χ1v) is 6.87. The van der Waals surface area contributed by atoms with Gasteiger partial charge in [-0.05, 0) is 12.1 Å².